The molecule has 1 aromatic carbocycles. The molecule has 1 aliphatic rings. The molecular weight excluding hydrogens is 210 g/mol. The second-order valence-electron chi connectivity index (χ2n) is 4.91. The van der Waals surface area contributed by atoms with Gasteiger partial charge in [-0.2, -0.15) is 0 Å². The third-order valence-corrected chi connectivity index (χ3v) is 3.66. The molecule has 2 rings (SSSR count). The van der Waals surface area contributed by atoms with Gasteiger partial charge in [-0.3, -0.25) is 4.79 Å². The van der Waals surface area contributed by atoms with Gasteiger partial charge in [0.05, 0.1) is 5.41 Å². The third kappa shape index (κ3) is 2.26. The van der Waals surface area contributed by atoms with Gasteiger partial charge < -0.3 is 5.73 Å². The van der Waals surface area contributed by atoms with Crippen LogP contribution in [0.4, 0.5) is 5.69 Å². The van der Waals surface area contributed by atoms with Crippen molar-refractivity contribution < 1.29 is 4.79 Å². The van der Waals surface area contributed by atoms with Crippen LogP contribution in [0.1, 0.15) is 38.2 Å². The highest BCUT2D eigenvalue weighted by Gasteiger charge is 2.50. The Morgan fingerprint density at radius 3 is 2.41 bits per heavy atom. The molecule has 0 saturated heterocycles. The Balaban J connectivity index is 2.16. The fourth-order valence-electron chi connectivity index (χ4n) is 2.18. The molecular formula is C15H19NO. The number of nitrogen functional groups attached to an aromatic ring is 1. The van der Waals surface area contributed by atoms with E-state index in [-0.39, 0.29) is 5.41 Å². The number of ketones is 1. The monoisotopic (exact) mass is 229 g/mol. The molecule has 2 nitrogen and oxygen atoms in total. The van der Waals surface area contributed by atoms with Crippen LogP contribution in [-0.2, 0) is 10.2 Å². The van der Waals surface area contributed by atoms with E-state index in [4.69, 9.17) is 5.73 Å². The van der Waals surface area contributed by atoms with Gasteiger partial charge in [0.1, 0.15) is 5.78 Å². The lowest BCUT2D eigenvalue weighted by molar-refractivity contribution is -0.120. The van der Waals surface area contributed by atoms with E-state index in [2.05, 4.69) is 6.58 Å². The Morgan fingerprint density at radius 2 is 1.94 bits per heavy atom. The largest absolute Gasteiger partial charge is 0.399 e. The maximum atomic E-state index is 12.3. The normalized spacial score (nSPS) is 16.5. The minimum absolute atomic E-state index is 0.230. The molecule has 0 heterocycles. The molecule has 0 aliphatic heterocycles. The third-order valence-electron chi connectivity index (χ3n) is 3.66. The van der Waals surface area contributed by atoms with Gasteiger partial charge in [0.2, 0.25) is 0 Å². The lowest BCUT2D eigenvalue weighted by Gasteiger charge is -2.15. The fourth-order valence-corrected chi connectivity index (χ4v) is 2.18. The van der Waals surface area contributed by atoms with E-state index >= 15 is 0 Å². The van der Waals surface area contributed by atoms with Crippen molar-refractivity contribution >= 4 is 11.5 Å². The Bertz CT molecular complexity index is 440. The second-order valence-corrected chi connectivity index (χ2v) is 4.91. The predicted octanol–water partition coefficient (Wildman–Crippen LogP) is 3.23. The first-order chi connectivity index (χ1) is 8.08. The molecule has 2 N–H and O–H groups in total. The van der Waals surface area contributed by atoms with Crippen molar-refractivity contribution in [3.05, 3.63) is 42.0 Å². The molecule has 0 unspecified atom stereocenters. The summed E-state index contributed by atoms with van der Waals surface area (Å²) in [5.41, 5.74) is 8.32. The lowest BCUT2D eigenvalue weighted by atomic mass is 9.87. The van der Waals surface area contributed by atoms with Crippen LogP contribution in [0.5, 0.6) is 0 Å². The van der Waals surface area contributed by atoms with Gasteiger partial charge in [-0.25, -0.2) is 0 Å². The zero-order chi connectivity index (χ0) is 12.5. The summed E-state index contributed by atoms with van der Waals surface area (Å²) in [6.07, 6.45) is 3.32. The minimum atomic E-state index is -0.230. The Morgan fingerprint density at radius 1 is 1.35 bits per heavy atom. The molecule has 1 aromatic rings. The van der Waals surface area contributed by atoms with Crippen LogP contribution in [-0.4, -0.2) is 5.78 Å². The average molecular weight is 229 g/mol. The van der Waals surface area contributed by atoms with Crippen LogP contribution < -0.4 is 5.73 Å². The van der Waals surface area contributed by atoms with Gasteiger partial charge in [-0.15, -0.1) is 0 Å². The number of anilines is 1. The number of hydrogen-bond donors (Lipinski definition) is 1. The van der Waals surface area contributed by atoms with E-state index in [9.17, 15) is 4.79 Å². The lowest BCUT2D eigenvalue weighted by Crippen LogP contribution is -2.20. The standard InChI is InChI=1S/C15H19NO/c1-3-11(2)10-14(17)15(8-9-15)12-4-6-13(16)7-5-12/h4-7H,2-3,8-10,16H2,1H3. The van der Waals surface area contributed by atoms with E-state index in [1.807, 2.05) is 31.2 Å². The molecule has 1 aliphatic carbocycles. The van der Waals surface area contributed by atoms with E-state index in [0.717, 1.165) is 36.1 Å². The Hall–Kier alpha value is -1.57. The molecule has 0 aromatic heterocycles. The van der Waals surface area contributed by atoms with Crippen molar-refractivity contribution in [1.82, 2.24) is 0 Å². The summed E-state index contributed by atoms with van der Waals surface area (Å²) in [6.45, 7) is 5.96. The van der Waals surface area contributed by atoms with Crippen LogP contribution in [0, 0.1) is 0 Å². The highest BCUT2D eigenvalue weighted by Crippen LogP contribution is 2.50. The molecule has 2 heteroatoms. The van der Waals surface area contributed by atoms with Crippen molar-refractivity contribution in [2.24, 2.45) is 0 Å². The van der Waals surface area contributed by atoms with E-state index < -0.39 is 0 Å². The van der Waals surface area contributed by atoms with Crippen molar-refractivity contribution in [2.45, 2.75) is 38.0 Å². The van der Waals surface area contributed by atoms with E-state index in [1.165, 1.54) is 0 Å². The maximum Gasteiger partial charge on any atom is 0.147 e. The SMILES string of the molecule is C=C(CC)CC(=O)C1(c2ccc(N)cc2)CC1. The molecule has 1 fully saturated rings. The number of carbonyl (C=O) groups excluding carboxylic acids is 1. The number of benzene rings is 1. The fraction of sp³-hybridized carbons (Fsp3) is 0.400. The highest BCUT2D eigenvalue weighted by molar-refractivity contribution is 5.94. The highest BCUT2D eigenvalue weighted by atomic mass is 16.1. The zero-order valence-electron chi connectivity index (χ0n) is 10.3. The molecule has 1 saturated carbocycles. The Kier molecular flexibility index (Phi) is 3.05. The van der Waals surface area contributed by atoms with Gasteiger partial charge in [0.25, 0.3) is 0 Å². The topological polar surface area (TPSA) is 43.1 Å². The molecule has 0 bridgehead atoms. The Labute approximate surface area is 103 Å². The van der Waals surface area contributed by atoms with Crippen LogP contribution in [0.3, 0.4) is 0 Å². The van der Waals surface area contributed by atoms with Crippen LogP contribution in [0.2, 0.25) is 0 Å². The number of allylic oxidation sites excluding steroid dienone is 1. The van der Waals surface area contributed by atoms with Crippen LogP contribution in [0.15, 0.2) is 36.4 Å². The number of carbonyl (C=O) groups is 1. The predicted molar refractivity (Wildman–Crippen MR) is 70.8 cm³/mol. The first-order valence-corrected chi connectivity index (χ1v) is 6.14. The minimum Gasteiger partial charge on any atom is -0.399 e. The second kappa shape index (κ2) is 4.36. The summed E-state index contributed by atoms with van der Waals surface area (Å²) < 4.78 is 0. The summed E-state index contributed by atoms with van der Waals surface area (Å²) in [4.78, 5) is 12.3. The van der Waals surface area contributed by atoms with Gasteiger partial charge >= 0.3 is 0 Å². The quantitative estimate of drug-likeness (QED) is 0.622. The van der Waals surface area contributed by atoms with Crippen LogP contribution in [0.25, 0.3) is 0 Å². The van der Waals surface area contributed by atoms with Crippen molar-refractivity contribution in [1.29, 1.82) is 0 Å². The number of Topliss-reactive ketones (excluding diaryl/α,β-unsaturated/α-hetero) is 1. The van der Waals surface area contributed by atoms with Gasteiger partial charge in [0, 0.05) is 12.1 Å². The molecule has 0 spiro atoms. The zero-order valence-corrected chi connectivity index (χ0v) is 10.3. The smallest absolute Gasteiger partial charge is 0.147 e. The summed E-state index contributed by atoms with van der Waals surface area (Å²) >= 11 is 0. The van der Waals surface area contributed by atoms with E-state index in [0.29, 0.717) is 12.2 Å². The molecule has 0 atom stereocenters. The first-order valence-electron chi connectivity index (χ1n) is 6.14. The summed E-state index contributed by atoms with van der Waals surface area (Å²) in [5.74, 6) is 0.314. The summed E-state index contributed by atoms with van der Waals surface area (Å²) in [7, 11) is 0. The molecule has 17 heavy (non-hydrogen) atoms. The number of nitrogens with two attached hydrogens (primary N) is 1. The van der Waals surface area contributed by atoms with Crippen LogP contribution >= 0.6 is 0 Å². The van der Waals surface area contributed by atoms with Gasteiger partial charge in [0.15, 0.2) is 0 Å². The van der Waals surface area contributed by atoms with Crippen molar-refractivity contribution in [2.75, 3.05) is 5.73 Å². The number of hydrogen-bond acceptors (Lipinski definition) is 2. The molecule has 90 valence electrons. The number of rotatable bonds is 5. The van der Waals surface area contributed by atoms with E-state index in [1.54, 1.807) is 0 Å². The summed E-state index contributed by atoms with van der Waals surface area (Å²) in [5, 5.41) is 0. The average Bonchev–Trinajstić information content (AvgIpc) is 3.11. The molecule has 0 radical (unpaired) electrons. The summed E-state index contributed by atoms with van der Waals surface area (Å²) in [6, 6.07) is 7.71. The maximum absolute atomic E-state index is 12.3. The first kappa shape index (κ1) is 11.9. The van der Waals surface area contributed by atoms with Gasteiger partial charge in [-0.1, -0.05) is 31.2 Å². The molecule has 0 amide bonds. The van der Waals surface area contributed by atoms with Crippen molar-refractivity contribution in [3.8, 4) is 0 Å². The van der Waals surface area contributed by atoms with Crippen molar-refractivity contribution in [3.63, 3.8) is 0 Å². The van der Waals surface area contributed by atoms with Gasteiger partial charge in [-0.05, 0) is 37.0 Å².